The minimum absolute atomic E-state index is 0.0297. The van der Waals surface area contributed by atoms with Crippen LogP contribution in [0.5, 0.6) is 0 Å². The van der Waals surface area contributed by atoms with E-state index in [1.807, 2.05) is 19.1 Å². The summed E-state index contributed by atoms with van der Waals surface area (Å²) in [6, 6.07) is 6.12. The molecule has 0 radical (unpaired) electrons. The van der Waals surface area contributed by atoms with Gasteiger partial charge < -0.3 is 16.0 Å². The molecule has 3 unspecified atom stereocenters. The maximum absolute atomic E-state index is 15.8. The van der Waals surface area contributed by atoms with Crippen LogP contribution in [0.25, 0.3) is 0 Å². The number of aryl methyl sites for hydroxylation is 1. The summed E-state index contributed by atoms with van der Waals surface area (Å²) in [4.78, 5) is 26.3. The Morgan fingerprint density at radius 3 is 2.45 bits per heavy atom. The van der Waals surface area contributed by atoms with Crippen LogP contribution >= 0.6 is 0 Å². The van der Waals surface area contributed by atoms with Gasteiger partial charge in [-0.25, -0.2) is 14.4 Å². The Labute approximate surface area is 237 Å². The predicted molar refractivity (Wildman–Crippen MR) is 156 cm³/mol. The van der Waals surface area contributed by atoms with Crippen molar-refractivity contribution in [3.05, 3.63) is 58.7 Å². The first kappa shape index (κ1) is 28.5. The van der Waals surface area contributed by atoms with Crippen molar-refractivity contribution in [3.8, 4) is 0 Å². The molecule has 3 heterocycles. The molecule has 1 saturated carbocycles. The highest BCUT2D eigenvalue weighted by Crippen LogP contribution is 2.49. The zero-order valence-corrected chi connectivity index (χ0v) is 23.9. The van der Waals surface area contributed by atoms with Gasteiger partial charge in [0.1, 0.15) is 5.82 Å². The molecule has 2 aromatic rings. The number of aromatic nitrogens is 2. The Balaban J connectivity index is 1.40. The number of aliphatic imine (C=N–C) groups is 1. The summed E-state index contributed by atoms with van der Waals surface area (Å²) in [6.07, 6.45) is 12.2. The van der Waals surface area contributed by atoms with Crippen LogP contribution < -0.4 is 21.3 Å². The summed E-state index contributed by atoms with van der Waals surface area (Å²) in [5.74, 6) is 1.46. The lowest BCUT2D eigenvalue weighted by Gasteiger charge is -2.47. The number of hydrogen-bond acceptors (Lipinski definition) is 7. The largest absolute Gasteiger partial charge is 0.355 e. The number of piperidine rings is 1. The van der Waals surface area contributed by atoms with Gasteiger partial charge in [0.05, 0.1) is 6.54 Å². The maximum atomic E-state index is 15.8. The Kier molecular flexibility index (Phi) is 9.29. The third kappa shape index (κ3) is 6.97. The summed E-state index contributed by atoms with van der Waals surface area (Å²) < 4.78 is 15.8. The van der Waals surface area contributed by atoms with Gasteiger partial charge in [-0.1, -0.05) is 44.6 Å². The quantitative estimate of drug-likeness (QED) is 0.392. The van der Waals surface area contributed by atoms with Crippen molar-refractivity contribution < 1.29 is 9.18 Å². The minimum Gasteiger partial charge on any atom is -0.355 e. The topological polar surface area (TPSA) is 103 Å². The Morgan fingerprint density at radius 1 is 1.02 bits per heavy atom. The van der Waals surface area contributed by atoms with E-state index < -0.39 is 6.30 Å². The van der Waals surface area contributed by atoms with Gasteiger partial charge in [-0.3, -0.25) is 15.1 Å². The molecule has 1 aliphatic carbocycles. The number of rotatable bonds is 6. The Bertz CT molecular complexity index is 1170. The smallest absolute Gasteiger partial charge is 0.251 e. The third-order valence-electron chi connectivity index (χ3n) is 8.90. The number of alkyl halides is 1. The summed E-state index contributed by atoms with van der Waals surface area (Å²) in [5.41, 5.74) is 3.21. The van der Waals surface area contributed by atoms with Crippen molar-refractivity contribution >= 4 is 11.9 Å². The number of nitrogens with zero attached hydrogens (tertiary/aromatic N) is 3. The second kappa shape index (κ2) is 13.1. The first-order valence-corrected chi connectivity index (χ1v) is 15.0. The lowest BCUT2D eigenvalue weighted by Crippen LogP contribution is -2.54. The fourth-order valence-corrected chi connectivity index (χ4v) is 6.55. The van der Waals surface area contributed by atoms with Crippen LogP contribution in [0.2, 0.25) is 0 Å². The maximum Gasteiger partial charge on any atom is 0.251 e. The molecule has 1 saturated heterocycles. The molecule has 2 aliphatic heterocycles. The molecule has 40 heavy (non-hydrogen) atoms. The van der Waals surface area contributed by atoms with E-state index in [1.54, 1.807) is 12.4 Å². The van der Waals surface area contributed by atoms with Crippen molar-refractivity contribution in [2.45, 2.75) is 103 Å². The molecule has 3 aliphatic rings. The Hall–Kier alpha value is -3.07. The lowest BCUT2D eigenvalue weighted by atomic mass is 9.66. The molecule has 9 heteroatoms. The number of hydrogen-bond donors (Lipinski definition) is 4. The molecule has 1 aromatic heterocycles. The number of carbonyl (C=O) groups excluding carboxylic acids is 1. The first-order valence-electron chi connectivity index (χ1n) is 15.0. The predicted octanol–water partition coefficient (Wildman–Crippen LogP) is 4.65. The van der Waals surface area contributed by atoms with Crippen LogP contribution in [-0.4, -0.2) is 47.3 Å². The number of amides is 1. The second-order valence-electron chi connectivity index (χ2n) is 11.9. The number of carbonyl (C=O) groups is 1. The van der Waals surface area contributed by atoms with E-state index >= 15 is 4.39 Å². The van der Waals surface area contributed by atoms with Crippen molar-refractivity contribution in [3.63, 3.8) is 0 Å². The number of nitrogens with one attached hydrogen (secondary N) is 4. The van der Waals surface area contributed by atoms with E-state index in [9.17, 15) is 4.79 Å². The fourth-order valence-electron chi connectivity index (χ4n) is 6.55. The highest BCUT2D eigenvalue weighted by molar-refractivity contribution is 5.94. The van der Waals surface area contributed by atoms with Gasteiger partial charge in [0, 0.05) is 54.6 Å². The van der Waals surface area contributed by atoms with Crippen molar-refractivity contribution in [2.24, 2.45) is 10.4 Å². The number of halogens is 1. The molecule has 1 amide bonds. The molecular weight excluding hydrogens is 505 g/mol. The van der Waals surface area contributed by atoms with Crippen molar-refractivity contribution in [1.82, 2.24) is 31.2 Å². The minimum atomic E-state index is -0.993. The average molecular weight is 550 g/mol. The number of guanidine groups is 1. The van der Waals surface area contributed by atoms with Crippen LogP contribution in [0.4, 0.5) is 4.39 Å². The van der Waals surface area contributed by atoms with Crippen molar-refractivity contribution in [2.75, 3.05) is 13.1 Å². The zero-order valence-electron chi connectivity index (χ0n) is 23.9. The van der Waals surface area contributed by atoms with Crippen LogP contribution in [-0.2, 0) is 13.1 Å². The summed E-state index contributed by atoms with van der Waals surface area (Å²) >= 11 is 0. The highest BCUT2D eigenvalue weighted by atomic mass is 19.1. The Morgan fingerprint density at radius 2 is 1.75 bits per heavy atom. The van der Waals surface area contributed by atoms with Gasteiger partial charge in [-0.15, -0.1) is 0 Å². The highest BCUT2D eigenvalue weighted by Gasteiger charge is 2.46. The van der Waals surface area contributed by atoms with E-state index in [-0.39, 0.29) is 23.3 Å². The van der Waals surface area contributed by atoms with Gasteiger partial charge in [-0.05, 0) is 62.3 Å². The fraction of sp³-hybridized carbons (Fsp3) is 0.613. The van der Waals surface area contributed by atoms with Gasteiger partial charge >= 0.3 is 0 Å². The first-order chi connectivity index (χ1) is 19.4. The standard InChI is InChI=1S/C31H44FN7O/c1-21-27(16-31(29(32)39-21)9-7-5-3-4-6-8-10-31)25-13-23(17-38-30-33-11-12-34-30)14-26(15-25)28(40)37-20-24-18-35-22(2)36-19-24/h13-15,18-19,21,27,29,39H,3-12,16-17,20H2,1-2H3,(H,37,40)(H2,33,34,38). The molecule has 1 spiro atoms. The van der Waals surface area contributed by atoms with Crippen LogP contribution in [0.1, 0.15) is 104 Å². The van der Waals surface area contributed by atoms with Crippen LogP contribution in [0.3, 0.4) is 0 Å². The summed E-state index contributed by atoms with van der Waals surface area (Å²) in [7, 11) is 0. The van der Waals surface area contributed by atoms with Gasteiger partial charge in [-0.2, -0.15) is 0 Å². The van der Waals surface area contributed by atoms with Crippen LogP contribution in [0, 0.1) is 12.3 Å². The normalized spacial score (nSPS) is 24.8. The zero-order chi connectivity index (χ0) is 28.0. The molecule has 5 rings (SSSR count). The van der Waals surface area contributed by atoms with E-state index in [0.29, 0.717) is 24.5 Å². The molecule has 1 aromatic carbocycles. The van der Waals surface area contributed by atoms with E-state index in [2.05, 4.69) is 49.2 Å². The van der Waals surface area contributed by atoms with Gasteiger partial charge in [0.2, 0.25) is 0 Å². The second-order valence-corrected chi connectivity index (χ2v) is 11.9. The third-order valence-corrected chi connectivity index (χ3v) is 8.90. The molecule has 2 fully saturated rings. The molecule has 216 valence electrons. The molecule has 3 atom stereocenters. The van der Waals surface area contributed by atoms with E-state index in [4.69, 9.17) is 0 Å². The summed E-state index contributed by atoms with van der Waals surface area (Å²) in [6.45, 7) is 6.42. The van der Waals surface area contributed by atoms with Crippen molar-refractivity contribution in [1.29, 1.82) is 0 Å². The van der Waals surface area contributed by atoms with Crippen LogP contribution in [0.15, 0.2) is 35.6 Å². The molecular formula is C31H44FN7O. The lowest BCUT2D eigenvalue weighted by molar-refractivity contribution is -0.00656. The number of benzene rings is 1. The van der Waals surface area contributed by atoms with E-state index in [0.717, 1.165) is 67.8 Å². The monoisotopic (exact) mass is 549 g/mol. The van der Waals surface area contributed by atoms with E-state index in [1.165, 1.54) is 25.7 Å². The van der Waals surface area contributed by atoms with Gasteiger partial charge in [0.25, 0.3) is 5.91 Å². The summed E-state index contributed by atoms with van der Waals surface area (Å²) in [5, 5.41) is 13.0. The SMILES string of the molecule is Cc1ncc(CNC(=O)c2cc(CNC3=NCCN3)cc(C3CC4(CCCCCCCC4)C(F)NC3C)c2)cn1. The molecule has 4 N–H and O–H groups in total. The molecule has 0 bridgehead atoms. The van der Waals surface area contributed by atoms with Gasteiger partial charge in [0.15, 0.2) is 12.3 Å². The molecule has 8 nitrogen and oxygen atoms in total. The average Bonchev–Trinajstić information content (AvgIpc) is 3.51.